The molecule has 0 saturated carbocycles. The molecule has 0 bridgehead atoms. The van der Waals surface area contributed by atoms with Gasteiger partial charge in [-0.2, -0.15) is 5.10 Å². The number of ether oxygens (including phenoxy) is 1. The van der Waals surface area contributed by atoms with Crippen molar-refractivity contribution in [2.24, 2.45) is 0 Å². The van der Waals surface area contributed by atoms with Crippen LogP contribution in [-0.2, 0) is 4.74 Å². The van der Waals surface area contributed by atoms with E-state index in [1.54, 1.807) is 30.0 Å². The first kappa shape index (κ1) is 17.3. The molecule has 1 fully saturated rings. The number of nitrogens with zero attached hydrogens (tertiary/aromatic N) is 3. The summed E-state index contributed by atoms with van der Waals surface area (Å²) in [6, 6.07) is 7.24. The lowest BCUT2D eigenvalue weighted by atomic mass is 10.2. The van der Waals surface area contributed by atoms with E-state index in [0.717, 1.165) is 0 Å². The standard InChI is InChI=1S/C18H20FN3O3/c1-11-8-16(23)17(18(24)21-9-13(3)25-10-12(21)2)20-22(11)15-7-5-4-6-14(15)19/h4-8,12-13H,9-10H2,1-3H3/t12-,13-/m0/s1. The summed E-state index contributed by atoms with van der Waals surface area (Å²) in [5.41, 5.74) is -0.0382. The maximum Gasteiger partial charge on any atom is 0.278 e. The van der Waals surface area contributed by atoms with E-state index in [4.69, 9.17) is 4.74 Å². The Hall–Kier alpha value is -2.54. The highest BCUT2D eigenvalue weighted by atomic mass is 19.1. The van der Waals surface area contributed by atoms with Crippen LogP contribution in [0.3, 0.4) is 0 Å². The zero-order valence-corrected chi connectivity index (χ0v) is 14.4. The number of hydrogen-bond acceptors (Lipinski definition) is 4. The molecule has 6 nitrogen and oxygen atoms in total. The number of hydrogen-bond donors (Lipinski definition) is 0. The van der Waals surface area contributed by atoms with Crippen molar-refractivity contribution >= 4 is 5.91 Å². The van der Waals surface area contributed by atoms with E-state index in [2.05, 4.69) is 5.10 Å². The summed E-state index contributed by atoms with van der Waals surface area (Å²) in [6.07, 6.45) is -0.112. The Morgan fingerprint density at radius 3 is 2.76 bits per heavy atom. The van der Waals surface area contributed by atoms with Gasteiger partial charge < -0.3 is 9.64 Å². The van der Waals surface area contributed by atoms with E-state index in [9.17, 15) is 14.0 Å². The summed E-state index contributed by atoms with van der Waals surface area (Å²) in [5.74, 6) is -0.939. The van der Waals surface area contributed by atoms with Crippen LogP contribution in [0.4, 0.5) is 4.39 Å². The third kappa shape index (κ3) is 3.32. The quantitative estimate of drug-likeness (QED) is 0.834. The highest BCUT2D eigenvalue weighted by Crippen LogP contribution is 2.16. The number of halogens is 1. The number of para-hydroxylation sites is 1. The first-order valence-corrected chi connectivity index (χ1v) is 8.17. The number of aryl methyl sites for hydroxylation is 1. The van der Waals surface area contributed by atoms with Crippen molar-refractivity contribution in [3.63, 3.8) is 0 Å². The highest BCUT2D eigenvalue weighted by Gasteiger charge is 2.30. The van der Waals surface area contributed by atoms with Crippen molar-refractivity contribution < 1.29 is 13.9 Å². The zero-order valence-electron chi connectivity index (χ0n) is 14.4. The summed E-state index contributed by atoms with van der Waals surface area (Å²) < 4.78 is 20.9. The summed E-state index contributed by atoms with van der Waals surface area (Å²) in [4.78, 5) is 26.8. The number of rotatable bonds is 2. The van der Waals surface area contributed by atoms with Gasteiger partial charge in [0.2, 0.25) is 5.43 Å². The molecule has 0 aliphatic carbocycles. The number of aromatic nitrogens is 2. The van der Waals surface area contributed by atoms with E-state index in [0.29, 0.717) is 18.8 Å². The molecule has 0 spiro atoms. The van der Waals surface area contributed by atoms with Gasteiger partial charge >= 0.3 is 0 Å². The van der Waals surface area contributed by atoms with Gasteiger partial charge in [-0.05, 0) is 32.9 Å². The minimum absolute atomic E-state index is 0.112. The minimum atomic E-state index is -0.478. The SMILES string of the molecule is Cc1cc(=O)c(C(=O)N2C[C@H](C)OC[C@@H]2C)nn1-c1ccccc1F. The minimum Gasteiger partial charge on any atom is -0.375 e. The molecule has 2 aromatic rings. The topological polar surface area (TPSA) is 64.4 Å². The Bertz CT molecular complexity index is 865. The molecule has 3 rings (SSSR count). The van der Waals surface area contributed by atoms with Crippen molar-refractivity contribution in [1.29, 1.82) is 0 Å². The average molecular weight is 345 g/mol. The molecule has 1 aliphatic rings. The maximum absolute atomic E-state index is 14.1. The van der Waals surface area contributed by atoms with E-state index < -0.39 is 17.2 Å². The molecule has 0 unspecified atom stereocenters. The fraction of sp³-hybridized carbons (Fsp3) is 0.389. The Kier molecular flexibility index (Phi) is 4.67. The second kappa shape index (κ2) is 6.76. The van der Waals surface area contributed by atoms with Gasteiger partial charge in [0.1, 0.15) is 11.5 Å². The smallest absolute Gasteiger partial charge is 0.278 e. The van der Waals surface area contributed by atoms with Crippen molar-refractivity contribution in [2.45, 2.75) is 32.9 Å². The molecule has 1 aromatic heterocycles. The zero-order chi connectivity index (χ0) is 18.1. The molecule has 1 saturated heterocycles. The third-order valence-electron chi connectivity index (χ3n) is 4.26. The van der Waals surface area contributed by atoms with Gasteiger partial charge in [0.25, 0.3) is 5.91 Å². The van der Waals surface area contributed by atoms with Crippen LogP contribution < -0.4 is 5.43 Å². The number of carbonyl (C=O) groups excluding carboxylic acids is 1. The Labute approximate surface area is 144 Å². The van der Waals surface area contributed by atoms with Crippen LogP contribution in [0.15, 0.2) is 35.1 Å². The van der Waals surface area contributed by atoms with Gasteiger partial charge in [0.15, 0.2) is 5.69 Å². The van der Waals surface area contributed by atoms with Crippen molar-refractivity contribution in [1.82, 2.24) is 14.7 Å². The molecule has 25 heavy (non-hydrogen) atoms. The predicted molar refractivity (Wildman–Crippen MR) is 90.4 cm³/mol. The van der Waals surface area contributed by atoms with Gasteiger partial charge in [-0.1, -0.05) is 12.1 Å². The third-order valence-corrected chi connectivity index (χ3v) is 4.26. The molecule has 0 radical (unpaired) electrons. The van der Waals surface area contributed by atoms with Crippen LogP contribution in [0.1, 0.15) is 30.0 Å². The lowest BCUT2D eigenvalue weighted by Gasteiger charge is -2.36. The lowest BCUT2D eigenvalue weighted by Crippen LogP contribution is -2.51. The van der Waals surface area contributed by atoms with Gasteiger partial charge in [-0.3, -0.25) is 9.59 Å². The number of morpholine rings is 1. The summed E-state index contributed by atoms with van der Waals surface area (Å²) in [7, 11) is 0. The largest absolute Gasteiger partial charge is 0.375 e. The van der Waals surface area contributed by atoms with Crippen LogP contribution in [0, 0.1) is 12.7 Å². The molecule has 1 aliphatic heterocycles. The van der Waals surface area contributed by atoms with E-state index in [1.807, 2.05) is 13.8 Å². The van der Waals surface area contributed by atoms with E-state index in [1.165, 1.54) is 16.8 Å². The number of amides is 1. The van der Waals surface area contributed by atoms with Crippen LogP contribution in [0.25, 0.3) is 5.69 Å². The van der Waals surface area contributed by atoms with E-state index in [-0.39, 0.29) is 23.5 Å². The van der Waals surface area contributed by atoms with Crippen molar-refractivity contribution in [2.75, 3.05) is 13.2 Å². The molecule has 132 valence electrons. The molecule has 2 heterocycles. The van der Waals surface area contributed by atoms with Crippen LogP contribution in [0.5, 0.6) is 0 Å². The summed E-state index contributed by atoms with van der Waals surface area (Å²) in [5, 5.41) is 4.17. The van der Waals surface area contributed by atoms with Crippen molar-refractivity contribution in [3.8, 4) is 5.69 Å². The Morgan fingerprint density at radius 2 is 2.04 bits per heavy atom. The second-order valence-electron chi connectivity index (χ2n) is 6.31. The monoisotopic (exact) mass is 345 g/mol. The fourth-order valence-corrected chi connectivity index (χ4v) is 2.89. The molecular formula is C18H20FN3O3. The summed E-state index contributed by atoms with van der Waals surface area (Å²) in [6.45, 7) is 6.16. The van der Waals surface area contributed by atoms with Crippen molar-refractivity contribution in [3.05, 3.63) is 57.8 Å². The Morgan fingerprint density at radius 1 is 1.32 bits per heavy atom. The average Bonchev–Trinajstić information content (AvgIpc) is 2.57. The number of benzene rings is 1. The van der Waals surface area contributed by atoms with Crippen LogP contribution >= 0.6 is 0 Å². The second-order valence-corrected chi connectivity index (χ2v) is 6.31. The first-order chi connectivity index (χ1) is 11.9. The lowest BCUT2D eigenvalue weighted by molar-refractivity contribution is -0.0390. The molecule has 7 heteroatoms. The molecule has 1 aromatic carbocycles. The van der Waals surface area contributed by atoms with Gasteiger partial charge in [0, 0.05) is 18.3 Å². The molecule has 2 atom stereocenters. The predicted octanol–water partition coefficient (Wildman–Crippen LogP) is 1.93. The first-order valence-electron chi connectivity index (χ1n) is 8.17. The van der Waals surface area contributed by atoms with Gasteiger partial charge in [0.05, 0.1) is 18.8 Å². The summed E-state index contributed by atoms with van der Waals surface area (Å²) >= 11 is 0. The maximum atomic E-state index is 14.1. The molecule has 1 amide bonds. The highest BCUT2D eigenvalue weighted by molar-refractivity contribution is 5.92. The molecular weight excluding hydrogens is 325 g/mol. The van der Waals surface area contributed by atoms with E-state index >= 15 is 0 Å². The van der Waals surface area contributed by atoms with Crippen LogP contribution in [-0.4, -0.2) is 45.9 Å². The van der Waals surface area contributed by atoms with Crippen LogP contribution in [0.2, 0.25) is 0 Å². The number of carbonyl (C=O) groups is 1. The normalized spacial score (nSPS) is 20.6. The van der Waals surface area contributed by atoms with Gasteiger partial charge in [-0.25, -0.2) is 9.07 Å². The van der Waals surface area contributed by atoms with Gasteiger partial charge in [-0.15, -0.1) is 0 Å². The molecule has 0 N–H and O–H groups in total. The Balaban J connectivity index is 2.05. The fourth-order valence-electron chi connectivity index (χ4n) is 2.89.